The fourth-order valence-corrected chi connectivity index (χ4v) is 5.45. The van der Waals surface area contributed by atoms with E-state index < -0.39 is 5.60 Å². The molecule has 1 aliphatic carbocycles. The van der Waals surface area contributed by atoms with Crippen LogP contribution in [0.3, 0.4) is 0 Å². The number of hydrogen-bond acceptors (Lipinski definition) is 5. The number of amides is 1. The molecule has 1 spiro atoms. The number of nitrogens with one attached hydrogen (secondary N) is 1. The molecule has 0 atom stereocenters. The number of carbonyl (C=O) groups excluding carboxylic acids is 1. The van der Waals surface area contributed by atoms with E-state index in [2.05, 4.69) is 22.3 Å². The number of rotatable bonds is 5. The topological polar surface area (TPSA) is 71.0 Å². The monoisotopic (exact) mass is 402 g/mol. The molecule has 0 radical (unpaired) electrons. The summed E-state index contributed by atoms with van der Waals surface area (Å²) in [4.78, 5) is 15.3. The van der Waals surface area contributed by atoms with Crippen LogP contribution in [0.15, 0.2) is 18.2 Å². The van der Waals surface area contributed by atoms with Gasteiger partial charge in [0.15, 0.2) is 0 Å². The molecular formula is C23H34N2O4. The van der Waals surface area contributed by atoms with Gasteiger partial charge in [-0.2, -0.15) is 0 Å². The van der Waals surface area contributed by atoms with Gasteiger partial charge in [0.05, 0.1) is 24.8 Å². The molecule has 6 nitrogen and oxygen atoms in total. The van der Waals surface area contributed by atoms with E-state index in [-0.39, 0.29) is 18.0 Å². The highest BCUT2D eigenvalue weighted by Crippen LogP contribution is 2.44. The van der Waals surface area contributed by atoms with Crippen molar-refractivity contribution in [2.45, 2.75) is 62.5 Å². The molecule has 4 rings (SSSR count). The van der Waals surface area contributed by atoms with Gasteiger partial charge in [-0.1, -0.05) is 25.3 Å². The SMILES string of the molecule is COc1ccc2c(c1)CCN(C(=O)CNCC1(O)CCCCC1)C21CCOCC1. The van der Waals surface area contributed by atoms with Crippen molar-refractivity contribution in [1.29, 1.82) is 0 Å². The molecule has 160 valence electrons. The molecular weight excluding hydrogens is 368 g/mol. The number of aliphatic hydroxyl groups is 1. The zero-order valence-corrected chi connectivity index (χ0v) is 17.5. The number of methoxy groups -OCH3 is 1. The summed E-state index contributed by atoms with van der Waals surface area (Å²) in [5, 5.41) is 14.0. The fraction of sp³-hybridized carbons (Fsp3) is 0.696. The zero-order valence-electron chi connectivity index (χ0n) is 17.5. The molecule has 1 saturated carbocycles. The molecule has 2 aliphatic heterocycles. The van der Waals surface area contributed by atoms with Gasteiger partial charge >= 0.3 is 0 Å². The van der Waals surface area contributed by atoms with E-state index in [0.717, 1.165) is 50.7 Å². The minimum Gasteiger partial charge on any atom is -0.497 e. The third-order valence-electron chi connectivity index (χ3n) is 7.07. The Labute approximate surface area is 173 Å². The maximum Gasteiger partial charge on any atom is 0.237 e. The lowest BCUT2D eigenvalue weighted by atomic mass is 9.75. The molecule has 1 amide bonds. The number of ether oxygens (including phenoxy) is 2. The third kappa shape index (κ3) is 4.16. The Morgan fingerprint density at radius 1 is 1.21 bits per heavy atom. The second-order valence-electron chi connectivity index (χ2n) is 8.85. The molecule has 2 fully saturated rings. The summed E-state index contributed by atoms with van der Waals surface area (Å²) < 4.78 is 11.1. The van der Waals surface area contributed by atoms with Crippen molar-refractivity contribution >= 4 is 5.91 Å². The van der Waals surface area contributed by atoms with E-state index >= 15 is 0 Å². The Morgan fingerprint density at radius 2 is 1.97 bits per heavy atom. The molecule has 1 aromatic rings. The molecule has 0 bridgehead atoms. The summed E-state index contributed by atoms with van der Waals surface area (Å²) in [6, 6.07) is 6.25. The molecule has 6 heteroatoms. The Morgan fingerprint density at radius 3 is 2.69 bits per heavy atom. The first kappa shape index (κ1) is 20.6. The summed E-state index contributed by atoms with van der Waals surface area (Å²) in [7, 11) is 1.69. The number of fused-ring (bicyclic) bond motifs is 2. The quantitative estimate of drug-likeness (QED) is 0.791. The zero-order chi connectivity index (χ0) is 20.3. The Hall–Kier alpha value is -1.63. The van der Waals surface area contributed by atoms with Crippen molar-refractivity contribution in [2.75, 3.05) is 40.0 Å². The molecule has 3 aliphatic rings. The van der Waals surface area contributed by atoms with Crippen LogP contribution in [-0.2, 0) is 21.5 Å². The molecule has 0 unspecified atom stereocenters. The Kier molecular flexibility index (Phi) is 6.13. The highest BCUT2D eigenvalue weighted by molar-refractivity contribution is 5.80. The summed E-state index contributed by atoms with van der Waals surface area (Å²) in [5.41, 5.74) is 1.57. The third-order valence-corrected chi connectivity index (χ3v) is 7.07. The van der Waals surface area contributed by atoms with E-state index in [0.29, 0.717) is 26.3 Å². The van der Waals surface area contributed by atoms with Crippen LogP contribution in [0, 0.1) is 0 Å². The van der Waals surface area contributed by atoms with Crippen LogP contribution in [0.5, 0.6) is 5.75 Å². The predicted octanol–water partition coefficient (Wildman–Crippen LogP) is 2.37. The maximum atomic E-state index is 13.3. The number of nitrogens with zero attached hydrogens (tertiary/aromatic N) is 1. The average molecular weight is 403 g/mol. The van der Waals surface area contributed by atoms with Gasteiger partial charge in [-0.3, -0.25) is 4.79 Å². The van der Waals surface area contributed by atoms with Crippen LogP contribution in [0.1, 0.15) is 56.1 Å². The normalized spacial score (nSPS) is 22.9. The highest BCUT2D eigenvalue weighted by atomic mass is 16.5. The predicted molar refractivity (Wildman–Crippen MR) is 111 cm³/mol. The van der Waals surface area contributed by atoms with E-state index in [9.17, 15) is 9.90 Å². The maximum absolute atomic E-state index is 13.3. The average Bonchev–Trinajstić information content (AvgIpc) is 2.74. The minimum absolute atomic E-state index is 0.118. The van der Waals surface area contributed by atoms with Crippen LogP contribution in [0.4, 0.5) is 0 Å². The summed E-state index contributed by atoms with van der Waals surface area (Å²) >= 11 is 0. The first-order valence-electron chi connectivity index (χ1n) is 11.1. The van der Waals surface area contributed by atoms with Crippen LogP contribution in [0.2, 0.25) is 0 Å². The number of hydrogen-bond donors (Lipinski definition) is 2. The molecule has 0 aromatic heterocycles. The molecule has 2 N–H and O–H groups in total. The lowest BCUT2D eigenvalue weighted by Gasteiger charge is -2.50. The van der Waals surface area contributed by atoms with Gasteiger partial charge in [0, 0.05) is 26.3 Å². The van der Waals surface area contributed by atoms with Crippen molar-refractivity contribution < 1.29 is 19.4 Å². The summed E-state index contributed by atoms with van der Waals surface area (Å²) in [5.74, 6) is 0.987. The van der Waals surface area contributed by atoms with E-state index in [4.69, 9.17) is 9.47 Å². The van der Waals surface area contributed by atoms with Crippen molar-refractivity contribution in [1.82, 2.24) is 10.2 Å². The summed E-state index contributed by atoms with van der Waals surface area (Å²) in [6.45, 7) is 2.82. The van der Waals surface area contributed by atoms with Crippen molar-refractivity contribution in [3.05, 3.63) is 29.3 Å². The van der Waals surface area contributed by atoms with E-state index in [1.807, 2.05) is 6.07 Å². The number of carbonyl (C=O) groups is 1. The van der Waals surface area contributed by atoms with Crippen molar-refractivity contribution in [3.8, 4) is 5.75 Å². The van der Waals surface area contributed by atoms with Crippen LogP contribution in [0.25, 0.3) is 0 Å². The molecule has 2 heterocycles. The molecule has 1 aromatic carbocycles. The van der Waals surface area contributed by atoms with Gasteiger partial charge < -0.3 is 24.8 Å². The Balaban J connectivity index is 1.49. The van der Waals surface area contributed by atoms with Crippen LogP contribution < -0.4 is 10.1 Å². The molecule has 29 heavy (non-hydrogen) atoms. The smallest absolute Gasteiger partial charge is 0.237 e. The van der Waals surface area contributed by atoms with Gasteiger partial charge in [0.2, 0.25) is 5.91 Å². The van der Waals surface area contributed by atoms with Gasteiger partial charge in [-0.15, -0.1) is 0 Å². The van der Waals surface area contributed by atoms with E-state index in [1.165, 1.54) is 17.5 Å². The second kappa shape index (κ2) is 8.62. The first-order valence-corrected chi connectivity index (χ1v) is 11.1. The molecule has 1 saturated heterocycles. The second-order valence-corrected chi connectivity index (χ2v) is 8.85. The summed E-state index contributed by atoms with van der Waals surface area (Å²) in [6.07, 6.45) is 7.48. The fourth-order valence-electron chi connectivity index (χ4n) is 5.45. The standard InChI is InChI=1S/C23H34N2O4/c1-28-19-5-6-20-18(15-19)7-12-25(23(20)10-13-29-14-11-23)21(26)16-24-17-22(27)8-3-2-4-9-22/h5-6,15,24,27H,2-4,7-14,16-17H2,1H3. The van der Waals surface area contributed by atoms with Gasteiger partial charge in [-0.25, -0.2) is 0 Å². The van der Waals surface area contributed by atoms with Crippen LogP contribution >= 0.6 is 0 Å². The lowest BCUT2D eigenvalue weighted by molar-refractivity contribution is -0.143. The van der Waals surface area contributed by atoms with E-state index in [1.54, 1.807) is 7.11 Å². The first-order chi connectivity index (χ1) is 14.1. The number of benzene rings is 1. The Bertz CT molecular complexity index is 724. The lowest BCUT2D eigenvalue weighted by Crippen LogP contribution is -2.58. The van der Waals surface area contributed by atoms with Crippen LogP contribution in [-0.4, -0.2) is 61.5 Å². The van der Waals surface area contributed by atoms with Gasteiger partial charge in [0.1, 0.15) is 5.75 Å². The van der Waals surface area contributed by atoms with Gasteiger partial charge in [-0.05, 0) is 55.4 Å². The van der Waals surface area contributed by atoms with Crippen molar-refractivity contribution in [3.63, 3.8) is 0 Å². The van der Waals surface area contributed by atoms with Gasteiger partial charge in [0.25, 0.3) is 0 Å². The largest absolute Gasteiger partial charge is 0.497 e. The minimum atomic E-state index is -0.653. The van der Waals surface area contributed by atoms with Crippen molar-refractivity contribution in [2.24, 2.45) is 0 Å². The highest BCUT2D eigenvalue weighted by Gasteiger charge is 2.46.